The highest BCUT2D eigenvalue weighted by Gasteiger charge is 2.26. The number of amides is 2. The summed E-state index contributed by atoms with van der Waals surface area (Å²) in [5.74, 6) is 1.06. The van der Waals surface area contributed by atoms with Crippen molar-refractivity contribution in [1.82, 2.24) is 29.7 Å². The molecular weight excluding hydrogens is 408 g/mol. The first kappa shape index (κ1) is 20.5. The van der Waals surface area contributed by atoms with Crippen LogP contribution in [0.1, 0.15) is 12.8 Å². The largest absolute Gasteiger partial charge is 0.460 e. The van der Waals surface area contributed by atoms with E-state index in [9.17, 15) is 4.79 Å². The number of hydrogen-bond donors (Lipinski definition) is 1. The highest BCUT2D eigenvalue weighted by atomic mass is 32.1. The lowest BCUT2D eigenvalue weighted by Gasteiger charge is -2.33. The Bertz CT molecular complexity index is 878. The number of likely N-dealkylation sites (tertiary alicyclic amines) is 1. The van der Waals surface area contributed by atoms with Crippen LogP contribution in [-0.2, 0) is 4.74 Å². The zero-order chi connectivity index (χ0) is 21.1. The zero-order valence-electron chi connectivity index (χ0n) is 17.2. The molecule has 2 N–H and O–H groups in total. The molecule has 0 spiro atoms. The third kappa shape index (κ3) is 4.70. The van der Waals surface area contributed by atoms with Gasteiger partial charge in [0.1, 0.15) is 6.10 Å². The molecule has 11 nitrogen and oxygen atoms in total. The fourth-order valence-corrected chi connectivity index (χ4v) is 4.02. The Balaban J connectivity index is 1.51. The van der Waals surface area contributed by atoms with Gasteiger partial charge < -0.3 is 29.9 Å². The smallest absolute Gasteiger partial charge is 0.322 e. The molecule has 2 aromatic rings. The average molecular weight is 435 g/mol. The SMILES string of the molecule is CN(C)C(=O)N1CCC(Oc2nc(-c3cnc(N)s3)nc(N3CCOCC3)n2)CC1. The molecule has 0 atom stereocenters. The fraction of sp³-hybridized carbons (Fsp3) is 0.611. The summed E-state index contributed by atoms with van der Waals surface area (Å²) in [6, 6.07) is 0.305. The molecule has 2 aliphatic rings. The summed E-state index contributed by atoms with van der Waals surface area (Å²) in [6.45, 7) is 3.95. The van der Waals surface area contributed by atoms with Crippen LogP contribution in [0.4, 0.5) is 15.9 Å². The highest BCUT2D eigenvalue weighted by Crippen LogP contribution is 2.28. The van der Waals surface area contributed by atoms with Crippen molar-refractivity contribution in [2.75, 3.05) is 64.1 Å². The topological polar surface area (TPSA) is 123 Å². The number of urea groups is 1. The van der Waals surface area contributed by atoms with E-state index in [-0.39, 0.29) is 18.1 Å². The van der Waals surface area contributed by atoms with Gasteiger partial charge in [0.15, 0.2) is 11.0 Å². The molecule has 0 aliphatic carbocycles. The number of hydrogen-bond acceptors (Lipinski definition) is 10. The van der Waals surface area contributed by atoms with Crippen molar-refractivity contribution in [2.45, 2.75) is 18.9 Å². The number of morpholine rings is 1. The number of nitrogen functional groups attached to an aromatic ring is 1. The highest BCUT2D eigenvalue weighted by molar-refractivity contribution is 7.18. The molecule has 2 aromatic heterocycles. The van der Waals surface area contributed by atoms with E-state index in [1.54, 1.807) is 25.2 Å². The van der Waals surface area contributed by atoms with Gasteiger partial charge in [-0.1, -0.05) is 11.3 Å². The minimum atomic E-state index is -0.0597. The van der Waals surface area contributed by atoms with E-state index in [0.717, 1.165) is 17.7 Å². The molecule has 2 amide bonds. The van der Waals surface area contributed by atoms with Crippen molar-refractivity contribution < 1.29 is 14.3 Å². The molecular formula is C18H26N8O3S. The van der Waals surface area contributed by atoms with Crippen LogP contribution in [0, 0.1) is 0 Å². The van der Waals surface area contributed by atoms with Crippen LogP contribution in [0.5, 0.6) is 6.01 Å². The quantitative estimate of drug-likeness (QED) is 0.749. The molecule has 0 bridgehead atoms. The molecule has 162 valence electrons. The number of nitrogens with two attached hydrogens (primary N) is 1. The van der Waals surface area contributed by atoms with Crippen molar-refractivity contribution in [3.8, 4) is 16.7 Å². The Morgan fingerprint density at radius 1 is 1.20 bits per heavy atom. The van der Waals surface area contributed by atoms with Crippen molar-refractivity contribution in [3.05, 3.63) is 6.20 Å². The molecule has 30 heavy (non-hydrogen) atoms. The van der Waals surface area contributed by atoms with E-state index in [1.165, 1.54) is 11.3 Å². The number of carbonyl (C=O) groups excluding carboxylic acids is 1. The fourth-order valence-electron chi connectivity index (χ4n) is 3.40. The summed E-state index contributed by atoms with van der Waals surface area (Å²) in [6.07, 6.45) is 3.05. The first-order valence-electron chi connectivity index (χ1n) is 9.93. The van der Waals surface area contributed by atoms with Gasteiger partial charge in [-0.2, -0.15) is 15.0 Å². The molecule has 0 aromatic carbocycles. The minimum Gasteiger partial charge on any atom is -0.460 e. The van der Waals surface area contributed by atoms with Crippen LogP contribution in [-0.4, -0.2) is 95.4 Å². The number of aromatic nitrogens is 4. The maximum Gasteiger partial charge on any atom is 0.322 e. The first-order valence-corrected chi connectivity index (χ1v) is 10.7. The maximum atomic E-state index is 12.1. The van der Waals surface area contributed by atoms with Crippen molar-refractivity contribution in [1.29, 1.82) is 0 Å². The standard InChI is InChI=1S/C18H26N8O3S/c1-24(2)18(27)26-5-3-12(4-6-26)29-17-22-14(13-11-20-15(19)30-13)21-16(23-17)25-7-9-28-10-8-25/h11-12H,3-10H2,1-2H3,(H2,19,20). The molecule has 0 unspecified atom stereocenters. The normalized spacial score (nSPS) is 17.8. The third-order valence-electron chi connectivity index (χ3n) is 5.01. The van der Waals surface area contributed by atoms with Gasteiger partial charge in [-0.3, -0.25) is 0 Å². The second-order valence-electron chi connectivity index (χ2n) is 7.39. The minimum absolute atomic E-state index is 0.0216. The molecule has 4 heterocycles. The first-order chi connectivity index (χ1) is 14.5. The summed E-state index contributed by atoms with van der Waals surface area (Å²) in [5, 5.41) is 0.457. The second-order valence-corrected chi connectivity index (χ2v) is 8.45. The predicted molar refractivity (Wildman–Crippen MR) is 113 cm³/mol. The van der Waals surface area contributed by atoms with Gasteiger partial charge in [0.05, 0.1) is 24.3 Å². The number of piperidine rings is 1. The Kier molecular flexibility index (Phi) is 6.13. The number of rotatable bonds is 4. The second kappa shape index (κ2) is 8.96. The lowest BCUT2D eigenvalue weighted by atomic mass is 10.1. The molecule has 4 rings (SSSR count). The van der Waals surface area contributed by atoms with Crippen molar-refractivity contribution >= 4 is 28.4 Å². The van der Waals surface area contributed by atoms with Gasteiger partial charge >= 0.3 is 12.0 Å². The Morgan fingerprint density at radius 3 is 2.57 bits per heavy atom. The van der Waals surface area contributed by atoms with E-state index >= 15 is 0 Å². The van der Waals surface area contributed by atoms with Crippen LogP contribution in [0.2, 0.25) is 0 Å². The monoisotopic (exact) mass is 434 g/mol. The van der Waals surface area contributed by atoms with E-state index in [4.69, 9.17) is 15.2 Å². The summed E-state index contributed by atoms with van der Waals surface area (Å²) in [4.78, 5) is 36.2. The molecule has 2 saturated heterocycles. The van der Waals surface area contributed by atoms with Crippen LogP contribution >= 0.6 is 11.3 Å². The Morgan fingerprint density at radius 2 is 1.93 bits per heavy atom. The zero-order valence-corrected chi connectivity index (χ0v) is 18.0. The summed E-state index contributed by atoms with van der Waals surface area (Å²) in [7, 11) is 3.52. The van der Waals surface area contributed by atoms with E-state index in [1.807, 2.05) is 4.90 Å². The number of ether oxygens (including phenoxy) is 2. The van der Waals surface area contributed by atoms with E-state index in [2.05, 4.69) is 24.8 Å². The molecule has 2 aliphatic heterocycles. The Hall–Kier alpha value is -2.73. The van der Waals surface area contributed by atoms with Gasteiger partial charge in [0, 0.05) is 53.1 Å². The summed E-state index contributed by atoms with van der Waals surface area (Å²) < 4.78 is 11.6. The molecule has 0 radical (unpaired) electrons. The summed E-state index contributed by atoms with van der Waals surface area (Å²) in [5.41, 5.74) is 5.79. The summed E-state index contributed by atoms with van der Waals surface area (Å²) >= 11 is 1.32. The van der Waals surface area contributed by atoms with Crippen LogP contribution in [0.15, 0.2) is 6.20 Å². The van der Waals surface area contributed by atoms with Crippen LogP contribution in [0.3, 0.4) is 0 Å². The van der Waals surface area contributed by atoms with Crippen molar-refractivity contribution in [3.63, 3.8) is 0 Å². The molecule has 2 fully saturated rings. The van der Waals surface area contributed by atoms with Crippen LogP contribution in [0.25, 0.3) is 10.7 Å². The number of anilines is 2. The lowest BCUT2D eigenvalue weighted by Crippen LogP contribution is -2.46. The van der Waals surface area contributed by atoms with E-state index in [0.29, 0.717) is 56.3 Å². The third-order valence-corrected chi connectivity index (χ3v) is 5.83. The Labute approximate surface area is 178 Å². The van der Waals surface area contributed by atoms with E-state index < -0.39 is 0 Å². The lowest BCUT2D eigenvalue weighted by molar-refractivity contribution is 0.0945. The van der Waals surface area contributed by atoms with Gasteiger partial charge in [0.25, 0.3) is 0 Å². The average Bonchev–Trinajstić information content (AvgIpc) is 3.20. The van der Waals surface area contributed by atoms with Gasteiger partial charge in [0.2, 0.25) is 5.95 Å². The molecule has 12 heteroatoms. The number of carbonyl (C=O) groups is 1. The van der Waals surface area contributed by atoms with Crippen molar-refractivity contribution in [2.24, 2.45) is 0 Å². The van der Waals surface area contributed by atoms with Gasteiger partial charge in [-0.15, -0.1) is 0 Å². The predicted octanol–water partition coefficient (Wildman–Crippen LogP) is 0.939. The number of nitrogens with zero attached hydrogens (tertiary/aromatic N) is 7. The van der Waals surface area contributed by atoms with Crippen LogP contribution < -0.4 is 15.4 Å². The van der Waals surface area contributed by atoms with Gasteiger partial charge in [-0.25, -0.2) is 9.78 Å². The maximum absolute atomic E-state index is 12.1. The van der Waals surface area contributed by atoms with Gasteiger partial charge in [-0.05, 0) is 0 Å². The molecule has 0 saturated carbocycles. The number of thiazole rings is 1.